The Morgan fingerprint density at radius 3 is 2.09 bits per heavy atom. The molecule has 1 atom stereocenters. The molecule has 0 spiro atoms. The van der Waals surface area contributed by atoms with Crippen molar-refractivity contribution in [3.63, 3.8) is 0 Å². The zero-order valence-corrected chi connectivity index (χ0v) is 14.8. The number of benzene rings is 2. The van der Waals surface area contributed by atoms with Crippen molar-refractivity contribution in [1.29, 1.82) is 0 Å². The predicted molar refractivity (Wildman–Crippen MR) is 101 cm³/mol. The van der Waals surface area contributed by atoms with E-state index in [1.807, 2.05) is 37.2 Å². The molecule has 0 aromatic heterocycles. The van der Waals surface area contributed by atoms with Crippen molar-refractivity contribution in [2.45, 2.75) is 19.8 Å². The van der Waals surface area contributed by atoms with Crippen LogP contribution >= 0.6 is 12.2 Å². The molecule has 3 heteroatoms. The van der Waals surface area contributed by atoms with Crippen molar-refractivity contribution in [2.75, 3.05) is 14.1 Å². The van der Waals surface area contributed by atoms with Crippen LogP contribution in [0.1, 0.15) is 18.9 Å². The number of carbonyl (C=O) groups excluding carboxylic acids is 1. The second-order valence-electron chi connectivity index (χ2n) is 6.07. The van der Waals surface area contributed by atoms with Crippen LogP contribution in [0.4, 0.5) is 0 Å². The number of rotatable bonds is 6. The fourth-order valence-corrected chi connectivity index (χ4v) is 2.70. The second kappa shape index (κ2) is 8.02. The van der Waals surface area contributed by atoms with E-state index in [2.05, 4.69) is 36.4 Å². The minimum absolute atomic E-state index is 0.0486. The van der Waals surface area contributed by atoms with Gasteiger partial charge < -0.3 is 4.90 Å². The molecule has 0 saturated carbocycles. The molecule has 0 amide bonds. The van der Waals surface area contributed by atoms with Gasteiger partial charge in [-0.2, -0.15) is 0 Å². The molecule has 2 aromatic rings. The standard InChI is InChI=1S/C20H23NOS/c1-15(22)19(14-20(23)21(2)3)13-16-9-11-18(12-10-16)17-7-5-4-6-8-17/h4-12,19H,13-14H2,1-3H3. The Hall–Kier alpha value is -2.00. The Bertz CT molecular complexity index is 662. The lowest BCUT2D eigenvalue weighted by atomic mass is 9.92. The summed E-state index contributed by atoms with van der Waals surface area (Å²) in [6.07, 6.45) is 1.37. The molecule has 0 fully saturated rings. The van der Waals surface area contributed by atoms with Gasteiger partial charge in [-0.25, -0.2) is 0 Å². The summed E-state index contributed by atoms with van der Waals surface area (Å²) < 4.78 is 0. The molecule has 1 unspecified atom stereocenters. The van der Waals surface area contributed by atoms with E-state index < -0.39 is 0 Å². The van der Waals surface area contributed by atoms with Crippen molar-refractivity contribution in [3.8, 4) is 11.1 Å². The summed E-state index contributed by atoms with van der Waals surface area (Å²) in [6, 6.07) is 18.7. The predicted octanol–water partition coefficient (Wildman–Crippen LogP) is 4.38. The van der Waals surface area contributed by atoms with E-state index in [0.717, 1.165) is 11.4 Å². The molecule has 0 N–H and O–H groups in total. The summed E-state index contributed by atoms with van der Waals surface area (Å²) in [5, 5.41) is 0. The van der Waals surface area contributed by atoms with Gasteiger partial charge >= 0.3 is 0 Å². The lowest BCUT2D eigenvalue weighted by Crippen LogP contribution is -2.26. The maximum atomic E-state index is 11.9. The topological polar surface area (TPSA) is 20.3 Å². The van der Waals surface area contributed by atoms with Crippen molar-refractivity contribution in [3.05, 3.63) is 60.2 Å². The highest BCUT2D eigenvalue weighted by molar-refractivity contribution is 7.80. The number of thiocarbonyl (C=S) groups is 1. The van der Waals surface area contributed by atoms with Gasteiger partial charge in [-0.1, -0.05) is 66.8 Å². The molecule has 0 aliphatic rings. The summed E-state index contributed by atoms with van der Waals surface area (Å²) in [5.41, 5.74) is 3.57. The zero-order chi connectivity index (χ0) is 16.8. The number of carbonyl (C=O) groups is 1. The van der Waals surface area contributed by atoms with Gasteiger partial charge in [0, 0.05) is 26.4 Å². The van der Waals surface area contributed by atoms with Gasteiger partial charge in [0.25, 0.3) is 0 Å². The third-order valence-corrected chi connectivity index (χ3v) is 4.57. The smallest absolute Gasteiger partial charge is 0.133 e. The first-order valence-corrected chi connectivity index (χ1v) is 8.23. The molecule has 0 bridgehead atoms. The average molecular weight is 325 g/mol. The average Bonchev–Trinajstić information content (AvgIpc) is 2.55. The number of nitrogens with zero attached hydrogens (tertiary/aromatic N) is 1. The highest BCUT2D eigenvalue weighted by atomic mass is 32.1. The summed E-state index contributed by atoms with van der Waals surface area (Å²) in [6.45, 7) is 1.65. The molecule has 0 saturated heterocycles. The van der Waals surface area contributed by atoms with Crippen molar-refractivity contribution in [2.24, 2.45) is 5.92 Å². The molecule has 2 rings (SSSR count). The Morgan fingerprint density at radius 1 is 1.00 bits per heavy atom. The molecule has 120 valence electrons. The first-order chi connectivity index (χ1) is 11.0. The molecule has 0 aliphatic carbocycles. The molecule has 0 radical (unpaired) electrons. The monoisotopic (exact) mass is 325 g/mol. The quantitative estimate of drug-likeness (QED) is 0.735. The number of ketones is 1. The highest BCUT2D eigenvalue weighted by Crippen LogP contribution is 2.21. The molecular weight excluding hydrogens is 302 g/mol. The van der Waals surface area contributed by atoms with Gasteiger partial charge in [0.1, 0.15) is 5.78 Å². The largest absolute Gasteiger partial charge is 0.372 e. The highest BCUT2D eigenvalue weighted by Gasteiger charge is 2.18. The minimum atomic E-state index is -0.0486. The van der Waals surface area contributed by atoms with Gasteiger partial charge in [-0.05, 0) is 30.0 Å². The van der Waals surface area contributed by atoms with Crippen LogP contribution in [-0.4, -0.2) is 29.8 Å². The van der Waals surface area contributed by atoms with E-state index in [0.29, 0.717) is 6.42 Å². The van der Waals surface area contributed by atoms with Crippen LogP contribution in [0.25, 0.3) is 11.1 Å². The molecule has 2 nitrogen and oxygen atoms in total. The van der Waals surface area contributed by atoms with Crippen molar-refractivity contribution in [1.82, 2.24) is 4.90 Å². The van der Waals surface area contributed by atoms with Gasteiger partial charge in [0.05, 0.1) is 4.99 Å². The molecule has 0 aliphatic heterocycles. The van der Waals surface area contributed by atoms with Crippen LogP contribution in [0.15, 0.2) is 54.6 Å². The van der Waals surface area contributed by atoms with Crippen LogP contribution in [0, 0.1) is 5.92 Å². The van der Waals surface area contributed by atoms with Gasteiger partial charge in [-0.15, -0.1) is 0 Å². The fourth-order valence-electron chi connectivity index (χ4n) is 2.50. The van der Waals surface area contributed by atoms with Crippen LogP contribution in [-0.2, 0) is 11.2 Å². The third kappa shape index (κ3) is 5.00. The first-order valence-electron chi connectivity index (χ1n) is 7.82. The third-order valence-electron chi connectivity index (χ3n) is 4.04. The van der Waals surface area contributed by atoms with E-state index >= 15 is 0 Å². The van der Waals surface area contributed by atoms with Crippen LogP contribution in [0.3, 0.4) is 0 Å². The van der Waals surface area contributed by atoms with E-state index in [9.17, 15) is 4.79 Å². The normalized spacial score (nSPS) is 11.8. The Balaban J connectivity index is 2.09. The summed E-state index contributed by atoms with van der Waals surface area (Å²) >= 11 is 5.35. The lowest BCUT2D eigenvalue weighted by molar-refractivity contribution is -0.120. The Labute approximate surface area is 144 Å². The van der Waals surface area contributed by atoms with Gasteiger partial charge in [0.2, 0.25) is 0 Å². The maximum Gasteiger partial charge on any atom is 0.133 e. The lowest BCUT2D eigenvalue weighted by Gasteiger charge is -2.19. The fraction of sp³-hybridized carbons (Fsp3) is 0.300. The van der Waals surface area contributed by atoms with E-state index in [1.165, 1.54) is 16.7 Å². The summed E-state index contributed by atoms with van der Waals surface area (Å²) in [7, 11) is 3.85. The van der Waals surface area contributed by atoms with Crippen molar-refractivity contribution < 1.29 is 4.79 Å². The minimum Gasteiger partial charge on any atom is -0.372 e. The van der Waals surface area contributed by atoms with Crippen LogP contribution < -0.4 is 0 Å². The molecule has 2 aromatic carbocycles. The maximum absolute atomic E-state index is 11.9. The number of Topliss-reactive ketones (excluding diaryl/α,β-unsaturated/α-hetero) is 1. The number of hydrogen-bond donors (Lipinski definition) is 0. The zero-order valence-electron chi connectivity index (χ0n) is 14.0. The van der Waals surface area contributed by atoms with Gasteiger partial charge in [-0.3, -0.25) is 4.79 Å². The van der Waals surface area contributed by atoms with Crippen molar-refractivity contribution >= 4 is 23.0 Å². The Kier molecular flexibility index (Phi) is 6.05. The van der Waals surface area contributed by atoms with E-state index in [4.69, 9.17) is 12.2 Å². The molecular formula is C20H23NOS. The van der Waals surface area contributed by atoms with E-state index in [-0.39, 0.29) is 11.7 Å². The van der Waals surface area contributed by atoms with Gasteiger partial charge in [0.15, 0.2) is 0 Å². The van der Waals surface area contributed by atoms with Crippen LogP contribution in [0.5, 0.6) is 0 Å². The first kappa shape index (κ1) is 17.4. The van der Waals surface area contributed by atoms with E-state index in [1.54, 1.807) is 6.92 Å². The van der Waals surface area contributed by atoms with Crippen LogP contribution in [0.2, 0.25) is 0 Å². The SMILES string of the molecule is CC(=O)C(CC(=S)N(C)C)Cc1ccc(-c2ccccc2)cc1. The molecule has 0 heterocycles. The number of hydrogen-bond acceptors (Lipinski definition) is 2. The summed E-state index contributed by atoms with van der Waals surface area (Å²) in [5.74, 6) is 0.147. The molecule has 23 heavy (non-hydrogen) atoms. The second-order valence-corrected chi connectivity index (χ2v) is 6.54. The Morgan fingerprint density at radius 2 is 1.57 bits per heavy atom. The summed E-state index contributed by atoms with van der Waals surface area (Å²) in [4.78, 5) is 14.6.